The Morgan fingerprint density at radius 1 is 0.528 bits per heavy atom. The molecular weight excluding hydrogens is 667 g/mol. The minimum absolute atomic E-state index is 0.562. The van der Waals surface area contributed by atoms with Crippen LogP contribution in [0, 0.1) is 0 Å². The molecular formula is C48H31N3OS. The third-order valence-corrected chi connectivity index (χ3v) is 12.0. The summed E-state index contributed by atoms with van der Waals surface area (Å²) in [6.45, 7) is 1.83. The number of aromatic nitrogens is 3. The summed E-state index contributed by atoms with van der Waals surface area (Å²) >= 11 is 1.82. The van der Waals surface area contributed by atoms with Crippen molar-refractivity contribution in [2.75, 3.05) is 0 Å². The number of hydrogen-bond donors (Lipinski definition) is 1. The lowest BCUT2D eigenvalue weighted by molar-refractivity contribution is 0.199. The van der Waals surface area contributed by atoms with E-state index in [1.54, 1.807) is 0 Å². The SMILES string of the molecule is CC(O)c1ccc2sc3c4ccccc4c4c(c5ccccc5n4-c4nc(-c5ccccc5)cc(-c5ccc6c(ccc7ccccc76)c5)n4)c3c2c1. The molecule has 53 heavy (non-hydrogen) atoms. The van der Waals surface area contributed by atoms with E-state index in [9.17, 15) is 5.11 Å². The van der Waals surface area contributed by atoms with Gasteiger partial charge in [0.15, 0.2) is 0 Å². The quantitative estimate of drug-likeness (QED) is 0.186. The van der Waals surface area contributed by atoms with Crippen molar-refractivity contribution in [2.24, 2.45) is 0 Å². The molecule has 8 aromatic carbocycles. The summed E-state index contributed by atoms with van der Waals surface area (Å²) in [6.07, 6.45) is -0.562. The average molecular weight is 698 g/mol. The number of rotatable bonds is 4. The smallest absolute Gasteiger partial charge is 0.235 e. The van der Waals surface area contributed by atoms with E-state index in [1.807, 2.05) is 30.4 Å². The molecule has 5 heteroatoms. The number of fused-ring (bicyclic) bond motifs is 13. The van der Waals surface area contributed by atoms with E-state index in [2.05, 4.69) is 150 Å². The van der Waals surface area contributed by atoms with Gasteiger partial charge >= 0.3 is 0 Å². The summed E-state index contributed by atoms with van der Waals surface area (Å²) in [7, 11) is 0. The van der Waals surface area contributed by atoms with Crippen LogP contribution in [0.5, 0.6) is 0 Å². The topological polar surface area (TPSA) is 50.9 Å². The predicted molar refractivity (Wildman–Crippen MR) is 223 cm³/mol. The number of para-hydroxylation sites is 1. The van der Waals surface area contributed by atoms with Crippen LogP contribution in [-0.2, 0) is 0 Å². The van der Waals surface area contributed by atoms with Crippen molar-refractivity contribution in [2.45, 2.75) is 13.0 Å². The van der Waals surface area contributed by atoms with E-state index in [-0.39, 0.29) is 0 Å². The van der Waals surface area contributed by atoms with Gasteiger partial charge in [-0.2, -0.15) is 0 Å². The molecule has 1 atom stereocenters. The van der Waals surface area contributed by atoms with E-state index in [0.717, 1.165) is 55.3 Å². The number of hydrogen-bond acceptors (Lipinski definition) is 4. The Balaban J connectivity index is 1.26. The lowest BCUT2D eigenvalue weighted by Crippen LogP contribution is -2.04. The first-order chi connectivity index (χ1) is 26.1. The summed E-state index contributed by atoms with van der Waals surface area (Å²) in [6, 6.07) is 55.9. The van der Waals surface area contributed by atoms with Gasteiger partial charge in [0.25, 0.3) is 0 Å². The third kappa shape index (κ3) is 4.58. The van der Waals surface area contributed by atoms with Crippen LogP contribution in [0.2, 0.25) is 0 Å². The van der Waals surface area contributed by atoms with Gasteiger partial charge in [0.05, 0.1) is 28.5 Å². The van der Waals surface area contributed by atoms with Crippen molar-refractivity contribution in [3.05, 3.63) is 163 Å². The molecule has 0 spiro atoms. The highest BCUT2D eigenvalue weighted by molar-refractivity contribution is 7.27. The summed E-state index contributed by atoms with van der Waals surface area (Å²) in [5, 5.41) is 22.5. The molecule has 0 aliphatic rings. The molecule has 250 valence electrons. The molecule has 0 aliphatic carbocycles. The van der Waals surface area contributed by atoms with Crippen LogP contribution in [0.3, 0.4) is 0 Å². The van der Waals surface area contributed by atoms with Gasteiger partial charge < -0.3 is 5.11 Å². The fourth-order valence-corrected chi connectivity index (χ4v) is 9.50. The molecule has 0 amide bonds. The summed E-state index contributed by atoms with van der Waals surface area (Å²) < 4.78 is 4.73. The molecule has 11 rings (SSSR count). The van der Waals surface area contributed by atoms with E-state index in [0.29, 0.717) is 5.95 Å². The monoisotopic (exact) mass is 697 g/mol. The Kier molecular flexibility index (Phi) is 6.59. The maximum Gasteiger partial charge on any atom is 0.235 e. The van der Waals surface area contributed by atoms with E-state index in [4.69, 9.17) is 9.97 Å². The highest BCUT2D eigenvalue weighted by atomic mass is 32.1. The maximum atomic E-state index is 10.6. The van der Waals surface area contributed by atoms with Crippen molar-refractivity contribution in [1.29, 1.82) is 0 Å². The Hall–Kier alpha value is -6.40. The molecule has 0 bridgehead atoms. The maximum absolute atomic E-state index is 10.6. The molecule has 0 fully saturated rings. The first-order valence-electron chi connectivity index (χ1n) is 18.0. The molecule has 0 radical (unpaired) electrons. The molecule has 0 saturated heterocycles. The van der Waals surface area contributed by atoms with Crippen molar-refractivity contribution in [3.8, 4) is 28.5 Å². The van der Waals surface area contributed by atoms with Crippen molar-refractivity contribution >= 4 is 85.6 Å². The Morgan fingerprint density at radius 3 is 2.04 bits per heavy atom. The van der Waals surface area contributed by atoms with Crippen LogP contribution in [0.4, 0.5) is 0 Å². The standard InChI is InChI=1S/C48H31N3OS/c1-28(52)31-22-24-43-39(26-31)45-44-38-17-9-10-18-42(38)51(46(44)36-15-7-8-16-37(36)47(45)53-43)48-49-40(30-12-3-2-4-13-30)27-41(50-48)33-21-23-35-32(25-33)20-19-29-11-5-6-14-34(29)35/h2-28,52H,1H3. The van der Waals surface area contributed by atoms with Gasteiger partial charge in [-0.25, -0.2) is 9.97 Å². The first kappa shape index (κ1) is 30.2. The van der Waals surface area contributed by atoms with E-state index < -0.39 is 6.10 Å². The Morgan fingerprint density at radius 2 is 1.21 bits per heavy atom. The number of nitrogens with zero attached hydrogens (tertiary/aromatic N) is 3. The minimum atomic E-state index is -0.562. The summed E-state index contributed by atoms with van der Waals surface area (Å²) in [4.78, 5) is 10.8. The minimum Gasteiger partial charge on any atom is -0.389 e. The van der Waals surface area contributed by atoms with Crippen LogP contribution < -0.4 is 0 Å². The van der Waals surface area contributed by atoms with Crippen LogP contribution in [0.25, 0.3) is 103 Å². The van der Waals surface area contributed by atoms with Crippen molar-refractivity contribution in [1.82, 2.24) is 14.5 Å². The number of aliphatic hydroxyl groups is 1. The predicted octanol–water partition coefficient (Wildman–Crippen LogP) is 12.8. The molecule has 0 saturated carbocycles. The summed E-state index contributed by atoms with van der Waals surface area (Å²) in [5.41, 5.74) is 6.84. The van der Waals surface area contributed by atoms with Crippen LogP contribution in [0.1, 0.15) is 18.6 Å². The highest BCUT2D eigenvalue weighted by Crippen LogP contribution is 2.48. The van der Waals surface area contributed by atoms with Gasteiger partial charge in [-0.05, 0) is 64.4 Å². The van der Waals surface area contributed by atoms with Gasteiger partial charge in [0, 0.05) is 52.8 Å². The molecule has 0 aliphatic heterocycles. The Labute approximate surface area is 308 Å². The molecule has 1 unspecified atom stereocenters. The van der Waals surface area contributed by atoms with Gasteiger partial charge in [-0.15, -0.1) is 11.3 Å². The van der Waals surface area contributed by atoms with Crippen molar-refractivity contribution < 1.29 is 5.11 Å². The first-order valence-corrected chi connectivity index (χ1v) is 18.8. The molecule has 1 N–H and O–H groups in total. The van der Waals surface area contributed by atoms with E-state index >= 15 is 0 Å². The second-order valence-electron chi connectivity index (χ2n) is 13.9. The lowest BCUT2D eigenvalue weighted by Gasteiger charge is -2.13. The number of benzene rings is 8. The summed E-state index contributed by atoms with van der Waals surface area (Å²) in [5.74, 6) is 0.625. The van der Waals surface area contributed by atoms with Gasteiger partial charge in [-0.1, -0.05) is 127 Å². The second kappa shape index (κ2) is 11.6. The van der Waals surface area contributed by atoms with Gasteiger partial charge in [-0.3, -0.25) is 4.57 Å². The van der Waals surface area contributed by atoms with Gasteiger partial charge in [0.2, 0.25) is 5.95 Å². The zero-order chi connectivity index (χ0) is 35.2. The molecule has 11 aromatic rings. The molecule has 4 nitrogen and oxygen atoms in total. The fraction of sp³-hybridized carbons (Fsp3) is 0.0417. The second-order valence-corrected chi connectivity index (χ2v) is 14.9. The zero-order valence-electron chi connectivity index (χ0n) is 28.8. The fourth-order valence-electron chi connectivity index (χ4n) is 8.27. The highest BCUT2D eigenvalue weighted by Gasteiger charge is 2.24. The average Bonchev–Trinajstić information content (AvgIpc) is 3.77. The van der Waals surface area contributed by atoms with Crippen LogP contribution in [0.15, 0.2) is 158 Å². The van der Waals surface area contributed by atoms with E-state index in [1.165, 1.54) is 47.1 Å². The van der Waals surface area contributed by atoms with Gasteiger partial charge in [0.1, 0.15) is 0 Å². The van der Waals surface area contributed by atoms with Crippen LogP contribution >= 0.6 is 11.3 Å². The molecule has 3 heterocycles. The molecule has 3 aromatic heterocycles. The third-order valence-electron chi connectivity index (χ3n) is 10.8. The number of thiophene rings is 1. The zero-order valence-corrected chi connectivity index (χ0v) is 29.6. The lowest BCUT2D eigenvalue weighted by atomic mass is 9.98. The van der Waals surface area contributed by atoms with Crippen LogP contribution in [-0.4, -0.2) is 19.6 Å². The normalized spacial score (nSPS) is 12.6. The Bertz CT molecular complexity index is 3270. The largest absolute Gasteiger partial charge is 0.389 e. The number of aliphatic hydroxyl groups excluding tert-OH is 1. The van der Waals surface area contributed by atoms with Crippen molar-refractivity contribution in [3.63, 3.8) is 0 Å².